The number of amides is 1. The van der Waals surface area contributed by atoms with E-state index in [0.717, 1.165) is 25.0 Å². The topological polar surface area (TPSA) is 58.4 Å². The van der Waals surface area contributed by atoms with Crippen molar-refractivity contribution in [2.24, 2.45) is 0 Å². The number of imidazole rings is 1. The third kappa shape index (κ3) is 5.10. The number of alkyl halides is 3. The first kappa shape index (κ1) is 21.2. The Morgan fingerprint density at radius 3 is 2.86 bits per heavy atom. The maximum Gasteiger partial charge on any atom is 0.416 e. The number of benzene rings is 1. The number of carbonyl (C=O) groups excluding carboxylic acids is 1. The fraction of sp³-hybridized carbons (Fsp3) is 0.263. The molecule has 0 aliphatic carbocycles. The van der Waals surface area contributed by atoms with Gasteiger partial charge >= 0.3 is 6.18 Å². The molecule has 2 N–H and O–H groups in total. The predicted molar refractivity (Wildman–Crippen MR) is 111 cm³/mol. The van der Waals surface area contributed by atoms with Crippen molar-refractivity contribution in [1.82, 2.24) is 9.38 Å². The van der Waals surface area contributed by atoms with E-state index in [4.69, 9.17) is 11.6 Å². The Bertz CT molecular complexity index is 1040. The van der Waals surface area contributed by atoms with E-state index in [-0.39, 0.29) is 10.8 Å². The van der Waals surface area contributed by atoms with Crippen molar-refractivity contribution in [2.75, 3.05) is 17.2 Å². The molecule has 10 heteroatoms. The summed E-state index contributed by atoms with van der Waals surface area (Å²) >= 11 is 7.47. The Labute approximate surface area is 174 Å². The Morgan fingerprint density at radius 2 is 2.14 bits per heavy atom. The van der Waals surface area contributed by atoms with Gasteiger partial charge in [-0.15, -0.1) is 11.3 Å². The zero-order chi connectivity index (χ0) is 21.0. The van der Waals surface area contributed by atoms with Crippen LogP contribution in [-0.2, 0) is 11.0 Å². The Morgan fingerprint density at radius 1 is 1.34 bits per heavy atom. The van der Waals surface area contributed by atoms with E-state index in [9.17, 15) is 18.0 Å². The average molecular weight is 443 g/mol. The fourth-order valence-corrected chi connectivity index (χ4v) is 3.64. The zero-order valence-electron chi connectivity index (χ0n) is 15.4. The van der Waals surface area contributed by atoms with Crippen molar-refractivity contribution >= 4 is 51.3 Å². The molecule has 0 atom stereocenters. The second kappa shape index (κ2) is 8.87. The SMILES string of the molecule is CCCCNc1ccc(C(F)(F)F)cc1NC(=O)/C=C\c1c(Cl)nc2sccn12. The van der Waals surface area contributed by atoms with E-state index in [0.29, 0.717) is 22.9 Å². The van der Waals surface area contributed by atoms with Gasteiger partial charge in [0.05, 0.1) is 22.6 Å². The molecule has 0 spiro atoms. The number of nitrogens with zero attached hydrogens (tertiary/aromatic N) is 2. The van der Waals surface area contributed by atoms with E-state index >= 15 is 0 Å². The van der Waals surface area contributed by atoms with Gasteiger partial charge in [-0.05, 0) is 30.7 Å². The molecule has 3 aromatic rings. The number of thiazole rings is 1. The van der Waals surface area contributed by atoms with Crippen LogP contribution >= 0.6 is 22.9 Å². The second-order valence-corrected chi connectivity index (χ2v) is 7.44. The van der Waals surface area contributed by atoms with Gasteiger partial charge in [-0.3, -0.25) is 9.20 Å². The highest BCUT2D eigenvalue weighted by Crippen LogP contribution is 2.34. The van der Waals surface area contributed by atoms with Crippen LogP contribution in [0, 0.1) is 0 Å². The number of hydrogen-bond donors (Lipinski definition) is 2. The molecule has 0 saturated heterocycles. The summed E-state index contributed by atoms with van der Waals surface area (Å²) in [6.45, 7) is 2.59. The van der Waals surface area contributed by atoms with Gasteiger partial charge in [0.25, 0.3) is 0 Å². The summed E-state index contributed by atoms with van der Waals surface area (Å²) in [7, 11) is 0. The summed E-state index contributed by atoms with van der Waals surface area (Å²) in [6, 6.07) is 3.22. The Hall–Kier alpha value is -2.52. The number of anilines is 2. The van der Waals surface area contributed by atoms with Crippen LogP contribution in [0.3, 0.4) is 0 Å². The van der Waals surface area contributed by atoms with E-state index in [1.165, 1.54) is 29.6 Å². The molecule has 3 rings (SSSR count). The van der Waals surface area contributed by atoms with Crippen LogP contribution < -0.4 is 10.6 Å². The van der Waals surface area contributed by atoms with Crippen molar-refractivity contribution in [1.29, 1.82) is 0 Å². The van der Waals surface area contributed by atoms with Crippen LogP contribution in [0.1, 0.15) is 31.0 Å². The van der Waals surface area contributed by atoms with Crippen LogP contribution in [0.15, 0.2) is 35.9 Å². The lowest BCUT2D eigenvalue weighted by Gasteiger charge is -2.15. The van der Waals surface area contributed by atoms with Gasteiger partial charge in [-0.2, -0.15) is 13.2 Å². The molecule has 5 nitrogen and oxygen atoms in total. The lowest BCUT2D eigenvalue weighted by Crippen LogP contribution is -2.13. The Balaban J connectivity index is 1.81. The molecule has 0 unspecified atom stereocenters. The first-order valence-corrected chi connectivity index (χ1v) is 10.1. The van der Waals surface area contributed by atoms with Gasteiger partial charge in [-0.25, -0.2) is 4.98 Å². The lowest BCUT2D eigenvalue weighted by molar-refractivity contribution is -0.137. The van der Waals surface area contributed by atoms with Gasteiger partial charge in [-0.1, -0.05) is 24.9 Å². The molecule has 29 heavy (non-hydrogen) atoms. The van der Waals surface area contributed by atoms with Gasteiger partial charge < -0.3 is 10.6 Å². The molecular formula is C19H18ClF3N4OS. The highest BCUT2D eigenvalue weighted by atomic mass is 35.5. The summed E-state index contributed by atoms with van der Waals surface area (Å²) < 4.78 is 40.9. The minimum absolute atomic E-state index is 0.0608. The first-order valence-electron chi connectivity index (χ1n) is 8.85. The Kier molecular flexibility index (Phi) is 6.49. The monoisotopic (exact) mass is 442 g/mol. The minimum Gasteiger partial charge on any atom is -0.383 e. The molecule has 2 aromatic heterocycles. The number of carbonyl (C=O) groups is 1. The summed E-state index contributed by atoms with van der Waals surface area (Å²) in [4.78, 5) is 17.2. The quantitative estimate of drug-likeness (QED) is 0.352. The normalized spacial score (nSPS) is 12.0. The van der Waals surface area contributed by atoms with E-state index < -0.39 is 17.6 Å². The molecule has 0 aliphatic rings. The largest absolute Gasteiger partial charge is 0.416 e. The van der Waals surface area contributed by atoms with Crippen molar-refractivity contribution in [3.05, 3.63) is 52.3 Å². The van der Waals surface area contributed by atoms with Crippen LogP contribution in [0.4, 0.5) is 24.5 Å². The maximum absolute atomic E-state index is 13.1. The predicted octanol–water partition coefficient (Wildman–Crippen LogP) is 5.93. The van der Waals surface area contributed by atoms with E-state index in [1.54, 1.807) is 10.6 Å². The van der Waals surface area contributed by atoms with Crippen molar-refractivity contribution < 1.29 is 18.0 Å². The van der Waals surface area contributed by atoms with Crippen LogP contribution in [0.2, 0.25) is 5.15 Å². The molecule has 0 saturated carbocycles. The fourth-order valence-electron chi connectivity index (χ4n) is 2.63. The summed E-state index contributed by atoms with van der Waals surface area (Å²) in [5.74, 6) is -0.580. The molecular weight excluding hydrogens is 425 g/mol. The molecule has 1 amide bonds. The lowest BCUT2D eigenvalue weighted by atomic mass is 10.1. The van der Waals surface area contributed by atoms with Crippen LogP contribution in [-0.4, -0.2) is 21.8 Å². The molecule has 0 radical (unpaired) electrons. The number of aromatic nitrogens is 2. The number of fused-ring (bicyclic) bond motifs is 1. The molecule has 2 heterocycles. The third-order valence-electron chi connectivity index (χ3n) is 4.10. The summed E-state index contributed by atoms with van der Waals surface area (Å²) in [5, 5.41) is 7.64. The first-order chi connectivity index (χ1) is 13.8. The highest BCUT2D eigenvalue weighted by Gasteiger charge is 2.31. The van der Waals surface area contributed by atoms with E-state index in [1.807, 2.05) is 12.3 Å². The van der Waals surface area contributed by atoms with Gasteiger partial charge in [0, 0.05) is 24.2 Å². The molecule has 0 fully saturated rings. The smallest absolute Gasteiger partial charge is 0.383 e. The number of rotatable bonds is 7. The maximum atomic E-state index is 13.1. The molecule has 1 aromatic carbocycles. The molecule has 154 valence electrons. The van der Waals surface area contributed by atoms with Crippen LogP contribution in [0.5, 0.6) is 0 Å². The number of halogens is 4. The van der Waals surface area contributed by atoms with Crippen molar-refractivity contribution in [2.45, 2.75) is 25.9 Å². The average Bonchev–Trinajstić information content (AvgIpc) is 3.21. The van der Waals surface area contributed by atoms with Crippen LogP contribution in [0.25, 0.3) is 11.0 Å². The highest BCUT2D eigenvalue weighted by molar-refractivity contribution is 7.15. The number of unbranched alkanes of at least 4 members (excludes halogenated alkanes) is 1. The van der Waals surface area contributed by atoms with Crippen molar-refractivity contribution in [3.63, 3.8) is 0 Å². The number of nitrogens with one attached hydrogen (secondary N) is 2. The van der Waals surface area contributed by atoms with Crippen molar-refractivity contribution in [3.8, 4) is 0 Å². The summed E-state index contributed by atoms with van der Waals surface area (Å²) in [6.07, 6.45) is 1.73. The number of hydrogen-bond acceptors (Lipinski definition) is 4. The third-order valence-corrected chi connectivity index (χ3v) is 5.13. The van der Waals surface area contributed by atoms with Gasteiger partial charge in [0.15, 0.2) is 10.1 Å². The second-order valence-electron chi connectivity index (χ2n) is 6.20. The molecule has 0 bridgehead atoms. The van der Waals surface area contributed by atoms with Gasteiger partial charge in [0.1, 0.15) is 0 Å². The molecule has 0 aliphatic heterocycles. The summed E-state index contributed by atoms with van der Waals surface area (Å²) in [5.41, 5.74) is 0.168. The van der Waals surface area contributed by atoms with E-state index in [2.05, 4.69) is 15.6 Å². The zero-order valence-corrected chi connectivity index (χ0v) is 17.0. The van der Waals surface area contributed by atoms with Gasteiger partial charge in [0.2, 0.25) is 5.91 Å². The minimum atomic E-state index is -4.51. The standard InChI is InChI=1S/C19H18ClF3N4OS/c1-2-3-8-24-13-5-4-12(19(21,22)23)11-14(13)25-16(28)7-6-15-17(20)26-18-27(15)9-10-29-18/h4-7,9-11,24H,2-3,8H2,1H3,(H,25,28)/b7-6-.